The van der Waals surface area contributed by atoms with Crippen molar-refractivity contribution in [2.75, 3.05) is 16.9 Å². The third kappa shape index (κ3) is 3.84. The molecule has 3 N–H and O–H groups in total. The maximum Gasteiger partial charge on any atom is 0.277 e. The molecule has 164 valence electrons. The van der Waals surface area contributed by atoms with Gasteiger partial charge in [0.1, 0.15) is 17.0 Å². The summed E-state index contributed by atoms with van der Waals surface area (Å²) >= 11 is 1.70. The summed E-state index contributed by atoms with van der Waals surface area (Å²) in [6, 6.07) is 8.37. The summed E-state index contributed by atoms with van der Waals surface area (Å²) in [6.07, 6.45) is 6.28. The number of aromatic nitrogens is 5. The van der Waals surface area contributed by atoms with Crippen molar-refractivity contribution in [1.82, 2.24) is 24.7 Å². The molecule has 3 aromatic heterocycles. The normalized spacial score (nSPS) is 13.5. The molecule has 9 heteroatoms. The van der Waals surface area contributed by atoms with Crippen LogP contribution in [0.1, 0.15) is 35.7 Å². The summed E-state index contributed by atoms with van der Waals surface area (Å²) in [4.78, 5) is 27.4. The number of nitrogens with zero attached hydrogens (tertiary/aromatic N) is 4. The first-order valence-corrected chi connectivity index (χ1v) is 11.8. The van der Waals surface area contributed by atoms with Gasteiger partial charge in [-0.15, -0.1) is 11.8 Å². The lowest BCUT2D eigenvalue weighted by molar-refractivity contribution is 0.748. The van der Waals surface area contributed by atoms with E-state index >= 15 is 0 Å². The van der Waals surface area contributed by atoms with Crippen molar-refractivity contribution in [2.24, 2.45) is 7.05 Å². The molecule has 0 aliphatic heterocycles. The van der Waals surface area contributed by atoms with Crippen LogP contribution in [0.25, 0.3) is 11.0 Å². The minimum absolute atomic E-state index is 0.132. The van der Waals surface area contributed by atoms with Gasteiger partial charge in [0, 0.05) is 18.0 Å². The number of benzene rings is 1. The maximum absolute atomic E-state index is 12.8. The number of anilines is 4. The lowest BCUT2D eigenvalue weighted by Gasteiger charge is -2.14. The highest BCUT2D eigenvalue weighted by molar-refractivity contribution is 7.98. The molecular weight excluding hydrogens is 422 g/mol. The summed E-state index contributed by atoms with van der Waals surface area (Å²) in [5.41, 5.74) is 5.14. The van der Waals surface area contributed by atoms with Gasteiger partial charge in [-0.2, -0.15) is 0 Å². The van der Waals surface area contributed by atoms with Crippen molar-refractivity contribution in [3.05, 3.63) is 57.8 Å². The van der Waals surface area contributed by atoms with Crippen LogP contribution in [-0.2, 0) is 7.05 Å². The van der Waals surface area contributed by atoms with E-state index in [0.717, 1.165) is 22.0 Å². The molecule has 0 atom stereocenters. The zero-order chi connectivity index (χ0) is 22.4. The van der Waals surface area contributed by atoms with E-state index in [1.807, 2.05) is 19.9 Å². The van der Waals surface area contributed by atoms with Gasteiger partial charge in [-0.25, -0.2) is 9.97 Å². The lowest BCUT2D eigenvalue weighted by Crippen LogP contribution is -2.12. The maximum atomic E-state index is 12.8. The molecule has 8 nitrogen and oxygen atoms in total. The third-order valence-electron chi connectivity index (χ3n) is 5.80. The molecule has 0 radical (unpaired) electrons. The molecule has 0 bridgehead atoms. The Morgan fingerprint density at radius 2 is 1.88 bits per heavy atom. The Morgan fingerprint density at radius 1 is 1.06 bits per heavy atom. The minimum Gasteiger partial charge on any atom is -0.354 e. The van der Waals surface area contributed by atoms with Gasteiger partial charge in [-0.1, -0.05) is 6.07 Å². The number of aryl methyl sites for hydroxylation is 3. The second-order valence-electron chi connectivity index (χ2n) is 8.16. The van der Waals surface area contributed by atoms with Crippen molar-refractivity contribution >= 4 is 45.8 Å². The molecule has 0 saturated heterocycles. The number of rotatable bonds is 6. The van der Waals surface area contributed by atoms with Crippen molar-refractivity contribution in [1.29, 1.82) is 0 Å². The summed E-state index contributed by atoms with van der Waals surface area (Å²) in [7, 11) is 1.69. The van der Waals surface area contributed by atoms with E-state index < -0.39 is 0 Å². The van der Waals surface area contributed by atoms with E-state index in [1.54, 1.807) is 25.0 Å². The van der Waals surface area contributed by atoms with E-state index in [0.29, 0.717) is 34.3 Å². The Balaban J connectivity index is 1.56. The van der Waals surface area contributed by atoms with Crippen molar-refractivity contribution in [3.63, 3.8) is 0 Å². The lowest BCUT2D eigenvalue weighted by atomic mass is 10.1. The summed E-state index contributed by atoms with van der Waals surface area (Å²) in [6.45, 7) is 3.84. The van der Waals surface area contributed by atoms with E-state index in [2.05, 4.69) is 55.1 Å². The van der Waals surface area contributed by atoms with E-state index in [-0.39, 0.29) is 5.56 Å². The van der Waals surface area contributed by atoms with Crippen LogP contribution in [0.2, 0.25) is 0 Å². The molecule has 1 fully saturated rings. The van der Waals surface area contributed by atoms with Gasteiger partial charge >= 0.3 is 0 Å². The van der Waals surface area contributed by atoms with Crippen molar-refractivity contribution < 1.29 is 0 Å². The molecule has 1 saturated carbocycles. The topological polar surface area (TPSA) is 101 Å². The number of nitrogens with one attached hydrogen (secondary N) is 3. The standard InChI is InChI=1S/C23H25N7OS/c1-12-13(2)25-20(11-24-12)27-19-10-17(21-22(28-19)29-30(3)23(21)31)26-16-8-7-15(14-5-6-14)9-18(16)32-4/h7-11,14H,5-6H2,1-4H3,(H3,25,26,27,28,29). The highest BCUT2D eigenvalue weighted by Crippen LogP contribution is 2.42. The monoisotopic (exact) mass is 447 g/mol. The first kappa shape index (κ1) is 20.6. The number of hydrogen-bond acceptors (Lipinski definition) is 7. The molecule has 0 spiro atoms. The summed E-state index contributed by atoms with van der Waals surface area (Å²) in [5.74, 6) is 1.86. The summed E-state index contributed by atoms with van der Waals surface area (Å²) < 4.78 is 1.44. The van der Waals surface area contributed by atoms with Crippen LogP contribution in [-0.4, -0.2) is 31.0 Å². The fourth-order valence-corrected chi connectivity index (χ4v) is 4.34. The van der Waals surface area contributed by atoms with E-state index in [9.17, 15) is 4.79 Å². The number of thioether (sulfide) groups is 1. The first-order chi connectivity index (χ1) is 15.4. The third-order valence-corrected chi connectivity index (χ3v) is 6.58. The first-order valence-electron chi connectivity index (χ1n) is 10.5. The van der Waals surface area contributed by atoms with Crippen LogP contribution < -0.4 is 16.2 Å². The molecule has 5 rings (SSSR count). The number of hydrogen-bond donors (Lipinski definition) is 3. The number of aromatic amines is 1. The largest absolute Gasteiger partial charge is 0.354 e. The Bertz CT molecular complexity index is 1390. The molecular formula is C23H25N7OS. The fourth-order valence-electron chi connectivity index (χ4n) is 3.74. The Kier molecular flexibility index (Phi) is 5.13. The van der Waals surface area contributed by atoms with E-state index in [4.69, 9.17) is 0 Å². The highest BCUT2D eigenvalue weighted by Gasteiger charge is 2.24. The molecule has 1 aromatic carbocycles. The fraction of sp³-hybridized carbons (Fsp3) is 0.304. The zero-order valence-electron chi connectivity index (χ0n) is 18.5. The zero-order valence-corrected chi connectivity index (χ0v) is 19.3. The average molecular weight is 448 g/mol. The van der Waals surface area contributed by atoms with Crippen LogP contribution in [0, 0.1) is 13.8 Å². The predicted octanol–water partition coefficient (Wildman–Crippen LogP) is 4.75. The van der Waals surface area contributed by atoms with Gasteiger partial charge < -0.3 is 10.6 Å². The Labute approximate surface area is 189 Å². The van der Waals surface area contributed by atoms with Crippen LogP contribution in [0.5, 0.6) is 0 Å². The number of pyridine rings is 1. The molecule has 1 aliphatic rings. The molecule has 32 heavy (non-hydrogen) atoms. The number of fused-ring (bicyclic) bond motifs is 1. The predicted molar refractivity (Wildman–Crippen MR) is 130 cm³/mol. The Hall–Kier alpha value is -3.33. The van der Waals surface area contributed by atoms with Gasteiger partial charge in [-0.3, -0.25) is 19.6 Å². The van der Waals surface area contributed by atoms with E-state index in [1.165, 1.54) is 23.1 Å². The molecule has 0 unspecified atom stereocenters. The van der Waals surface area contributed by atoms with Gasteiger partial charge in [0.05, 0.1) is 29.0 Å². The van der Waals surface area contributed by atoms with Crippen LogP contribution in [0.3, 0.4) is 0 Å². The average Bonchev–Trinajstić information content (AvgIpc) is 3.57. The quantitative estimate of drug-likeness (QED) is 0.367. The Morgan fingerprint density at radius 3 is 2.59 bits per heavy atom. The SMILES string of the molecule is CSc1cc(C2CC2)ccc1Nc1cc(Nc2cnc(C)c(C)n2)nc2[nH]n(C)c(=O)c12. The van der Waals surface area contributed by atoms with Gasteiger partial charge in [-0.05, 0) is 56.6 Å². The molecule has 1 aliphatic carbocycles. The van der Waals surface area contributed by atoms with Crippen LogP contribution in [0.15, 0.2) is 40.2 Å². The van der Waals surface area contributed by atoms with Crippen LogP contribution >= 0.6 is 11.8 Å². The second-order valence-corrected chi connectivity index (χ2v) is 9.01. The van der Waals surface area contributed by atoms with Crippen molar-refractivity contribution in [2.45, 2.75) is 37.5 Å². The summed E-state index contributed by atoms with van der Waals surface area (Å²) in [5, 5.41) is 10.3. The molecule has 0 amide bonds. The highest BCUT2D eigenvalue weighted by atomic mass is 32.2. The molecule has 4 aromatic rings. The van der Waals surface area contributed by atoms with Gasteiger partial charge in [0.25, 0.3) is 5.56 Å². The van der Waals surface area contributed by atoms with Gasteiger partial charge in [0.2, 0.25) is 0 Å². The number of H-pyrrole nitrogens is 1. The molecule has 3 heterocycles. The smallest absolute Gasteiger partial charge is 0.277 e. The second kappa shape index (κ2) is 7.98. The van der Waals surface area contributed by atoms with Crippen molar-refractivity contribution in [3.8, 4) is 0 Å². The van der Waals surface area contributed by atoms with Gasteiger partial charge in [0.15, 0.2) is 5.65 Å². The minimum atomic E-state index is -0.132. The van der Waals surface area contributed by atoms with Crippen LogP contribution in [0.4, 0.5) is 23.0 Å².